The molecule has 0 saturated carbocycles. The molecule has 2 saturated heterocycles. The van der Waals surface area contributed by atoms with Gasteiger partial charge in [0.2, 0.25) is 0 Å². The highest BCUT2D eigenvalue weighted by molar-refractivity contribution is 5.32. The normalized spacial score (nSPS) is 25.3. The summed E-state index contributed by atoms with van der Waals surface area (Å²) in [5, 5.41) is 3.64. The van der Waals surface area contributed by atoms with Crippen LogP contribution in [0.25, 0.3) is 0 Å². The molecule has 3 atom stereocenters. The minimum atomic E-state index is -0.238. The number of fused-ring (bicyclic) bond motifs is 2. The summed E-state index contributed by atoms with van der Waals surface area (Å²) < 4.78 is 26.7. The first-order valence-electron chi connectivity index (χ1n) is 10.1. The van der Waals surface area contributed by atoms with Crippen LogP contribution < -0.4 is 5.32 Å². The minimum Gasteiger partial charge on any atom is -0.306 e. The number of nitrogens with zero attached hydrogens (tertiary/aromatic N) is 1. The lowest BCUT2D eigenvalue weighted by atomic mass is 9.88. The van der Waals surface area contributed by atoms with E-state index in [1.807, 2.05) is 24.3 Å². The van der Waals surface area contributed by atoms with E-state index in [0.717, 1.165) is 42.1 Å². The summed E-state index contributed by atoms with van der Waals surface area (Å²) in [6.07, 6.45) is 6.44. The minimum absolute atomic E-state index is 0.0470. The van der Waals surface area contributed by atoms with Gasteiger partial charge in [0.1, 0.15) is 11.6 Å². The SMILES string of the molecule is CN1[C@@H]2CC[C@H]1CC(CCNC(c1ccc(F)cc1)c1ccc(F)cc1)C2. The summed E-state index contributed by atoms with van der Waals surface area (Å²) in [4.78, 5) is 2.57. The third-order valence-corrected chi connectivity index (χ3v) is 6.50. The van der Waals surface area contributed by atoms with Crippen LogP contribution in [-0.4, -0.2) is 30.6 Å². The average Bonchev–Trinajstić information content (AvgIpc) is 2.88. The standard InChI is InChI=1S/C23H28F2N2/c1-27-21-10-11-22(27)15-16(14-21)12-13-26-23(17-2-6-19(24)7-3-17)18-4-8-20(25)9-5-18/h2-9,16,21-23,26H,10-15H2,1H3/t16?,21-,22+. The highest BCUT2D eigenvalue weighted by Crippen LogP contribution is 2.38. The van der Waals surface area contributed by atoms with Crippen LogP contribution in [0.15, 0.2) is 48.5 Å². The predicted molar refractivity (Wildman–Crippen MR) is 105 cm³/mol. The van der Waals surface area contributed by atoms with Gasteiger partial charge in [-0.25, -0.2) is 8.78 Å². The number of piperidine rings is 1. The van der Waals surface area contributed by atoms with Crippen molar-refractivity contribution in [3.05, 3.63) is 71.3 Å². The zero-order valence-electron chi connectivity index (χ0n) is 15.9. The Hall–Kier alpha value is -1.78. The maximum atomic E-state index is 13.3. The topological polar surface area (TPSA) is 15.3 Å². The Morgan fingerprint density at radius 1 is 0.889 bits per heavy atom. The molecule has 0 aliphatic carbocycles. The van der Waals surface area contributed by atoms with Crippen molar-refractivity contribution < 1.29 is 8.78 Å². The van der Waals surface area contributed by atoms with Crippen molar-refractivity contribution in [2.24, 2.45) is 5.92 Å². The fourth-order valence-electron chi connectivity index (χ4n) is 4.93. The van der Waals surface area contributed by atoms with Gasteiger partial charge in [-0.3, -0.25) is 0 Å². The van der Waals surface area contributed by atoms with Crippen LogP contribution in [-0.2, 0) is 0 Å². The van der Waals surface area contributed by atoms with E-state index < -0.39 is 0 Å². The Balaban J connectivity index is 1.42. The number of halogens is 2. The Morgan fingerprint density at radius 2 is 1.37 bits per heavy atom. The lowest BCUT2D eigenvalue weighted by Crippen LogP contribution is -2.40. The van der Waals surface area contributed by atoms with Crippen molar-refractivity contribution in [3.63, 3.8) is 0 Å². The van der Waals surface area contributed by atoms with Crippen molar-refractivity contribution in [1.29, 1.82) is 0 Å². The molecule has 27 heavy (non-hydrogen) atoms. The van der Waals surface area contributed by atoms with Crippen molar-refractivity contribution in [3.8, 4) is 0 Å². The molecule has 1 N–H and O–H groups in total. The maximum absolute atomic E-state index is 13.3. The summed E-state index contributed by atoms with van der Waals surface area (Å²) >= 11 is 0. The molecule has 2 heterocycles. The van der Waals surface area contributed by atoms with Gasteiger partial charge in [0.25, 0.3) is 0 Å². The molecule has 0 amide bonds. The van der Waals surface area contributed by atoms with Crippen LogP contribution >= 0.6 is 0 Å². The second-order valence-corrected chi connectivity index (χ2v) is 8.17. The molecule has 4 heteroatoms. The first kappa shape index (κ1) is 18.6. The molecule has 2 nitrogen and oxygen atoms in total. The quantitative estimate of drug-likeness (QED) is 0.777. The second kappa shape index (κ2) is 8.07. The summed E-state index contributed by atoms with van der Waals surface area (Å²) in [5.74, 6) is 0.296. The smallest absolute Gasteiger partial charge is 0.123 e. The number of benzene rings is 2. The Bertz CT molecular complexity index is 684. The molecule has 1 unspecified atom stereocenters. The molecule has 2 bridgehead atoms. The molecule has 2 aromatic rings. The first-order chi connectivity index (χ1) is 13.1. The van der Waals surface area contributed by atoms with Crippen LogP contribution in [0.5, 0.6) is 0 Å². The van der Waals surface area contributed by atoms with Gasteiger partial charge < -0.3 is 10.2 Å². The average molecular weight is 370 g/mol. The van der Waals surface area contributed by atoms with Gasteiger partial charge in [0.05, 0.1) is 6.04 Å². The molecular formula is C23H28F2N2. The Morgan fingerprint density at radius 3 is 1.85 bits per heavy atom. The lowest BCUT2D eigenvalue weighted by Gasteiger charge is -2.36. The van der Waals surface area contributed by atoms with Crippen LogP contribution in [0.3, 0.4) is 0 Å². The van der Waals surface area contributed by atoms with Crippen LogP contribution in [0.1, 0.15) is 49.3 Å². The summed E-state index contributed by atoms with van der Waals surface area (Å²) in [7, 11) is 2.27. The van der Waals surface area contributed by atoms with E-state index in [1.54, 1.807) is 0 Å². The number of nitrogens with one attached hydrogen (secondary N) is 1. The van der Waals surface area contributed by atoms with Gasteiger partial charge in [-0.2, -0.15) is 0 Å². The van der Waals surface area contributed by atoms with Gasteiger partial charge in [-0.1, -0.05) is 24.3 Å². The molecule has 144 valence electrons. The highest BCUT2D eigenvalue weighted by atomic mass is 19.1. The fraction of sp³-hybridized carbons (Fsp3) is 0.478. The summed E-state index contributed by atoms with van der Waals surface area (Å²) in [6.45, 7) is 0.910. The van der Waals surface area contributed by atoms with Crippen LogP contribution in [0, 0.1) is 17.6 Å². The zero-order valence-corrected chi connectivity index (χ0v) is 15.9. The third kappa shape index (κ3) is 4.22. The van der Waals surface area contributed by atoms with Gasteiger partial charge in [-0.15, -0.1) is 0 Å². The van der Waals surface area contributed by atoms with Crippen molar-refractivity contribution in [1.82, 2.24) is 10.2 Å². The monoisotopic (exact) mass is 370 g/mol. The Labute approximate surface area is 160 Å². The first-order valence-corrected chi connectivity index (χ1v) is 10.1. The number of hydrogen-bond donors (Lipinski definition) is 1. The molecule has 4 rings (SSSR count). The molecule has 0 spiro atoms. The molecule has 2 aromatic carbocycles. The van der Waals surface area contributed by atoms with E-state index in [4.69, 9.17) is 0 Å². The van der Waals surface area contributed by atoms with Crippen molar-refractivity contribution in [2.45, 2.75) is 50.2 Å². The fourth-order valence-corrected chi connectivity index (χ4v) is 4.93. The van der Waals surface area contributed by atoms with E-state index in [-0.39, 0.29) is 17.7 Å². The van der Waals surface area contributed by atoms with E-state index >= 15 is 0 Å². The van der Waals surface area contributed by atoms with E-state index in [9.17, 15) is 8.78 Å². The largest absolute Gasteiger partial charge is 0.306 e. The maximum Gasteiger partial charge on any atom is 0.123 e. The summed E-state index contributed by atoms with van der Waals surface area (Å²) in [6, 6.07) is 14.7. The zero-order chi connectivity index (χ0) is 18.8. The lowest BCUT2D eigenvalue weighted by molar-refractivity contribution is 0.129. The molecule has 2 fully saturated rings. The van der Waals surface area contributed by atoms with Crippen molar-refractivity contribution in [2.75, 3.05) is 13.6 Å². The van der Waals surface area contributed by atoms with E-state index in [2.05, 4.69) is 17.3 Å². The predicted octanol–water partition coefficient (Wildman–Crippen LogP) is 4.91. The number of hydrogen-bond acceptors (Lipinski definition) is 2. The second-order valence-electron chi connectivity index (χ2n) is 8.17. The molecule has 2 aliphatic heterocycles. The molecular weight excluding hydrogens is 342 g/mol. The van der Waals surface area contributed by atoms with Crippen molar-refractivity contribution >= 4 is 0 Å². The van der Waals surface area contributed by atoms with E-state index in [0.29, 0.717) is 0 Å². The van der Waals surface area contributed by atoms with Gasteiger partial charge >= 0.3 is 0 Å². The van der Waals surface area contributed by atoms with Crippen LogP contribution in [0.4, 0.5) is 8.78 Å². The third-order valence-electron chi connectivity index (χ3n) is 6.50. The highest BCUT2D eigenvalue weighted by Gasteiger charge is 2.37. The summed E-state index contributed by atoms with van der Waals surface area (Å²) in [5.41, 5.74) is 2.01. The van der Waals surface area contributed by atoms with Gasteiger partial charge in [0, 0.05) is 12.1 Å². The molecule has 2 aliphatic rings. The van der Waals surface area contributed by atoms with Gasteiger partial charge in [-0.05, 0) is 87.0 Å². The van der Waals surface area contributed by atoms with E-state index in [1.165, 1.54) is 49.9 Å². The molecule has 0 aromatic heterocycles. The number of rotatable bonds is 6. The molecule has 0 radical (unpaired) electrons. The Kier molecular flexibility index (Phi) is 5.55. The van der Waals surface area contributed by atoms with Gasteiger partial charge in [0.15, 0.2) is 0 Å². The van der Waals surface area contributed by atoms with Crippen LogP contribution in [0.2, 0.25) is 0 Å².